The number of nitrogens with zero attached hydrogens (tertiary/aromatic N) is 1. The summed E-state index contributed by atoms with van der Waals surface area (Å²) in [5.41, 5.74) is 1.02. The summed E-state index contributed by atoms with van der Waals surface area (Å²) in [6.45, 7) is 4.91. The van der Waals surface area contributed by atoms with Crippen molar-refractivity contribution in [2.75, 3.05) is 19.0 Å². The summed E-state index contributed by atoms with van der Waals surface area (Å²) < 4.78 is 5.11. The van der Waals surface area contributed by atoms with E-state index in [9.17, 15) is 4.79 Å². The lowest BCUT2D eigenvalue weighted by Crippen LogP contribution is -2.38. The van der Waals surface area contributed by atoms with Crippen LogP contribution in [0, 0.1) is 0 Å². The maximum atomic E-state index is 12.3. The van der Waals surface area contributed by atoms with Crippen LogP contribution in [0.15, 0.2) is 24.3 Å². The molecule has 0 aliphatic rings. The Morgan fingerprint density at radius 2 is 1.95 bits per heavy atom. The van der Waals surface area contributed by atoms with Gasteiger partial charge in [0.15, 0.2) is 0 Å². The summed E-state index contributed by atoms with van der Waals surface area (Å²) >= 11 is 3.41. The molecule has 19 heavy (non-hydrogen) atoms. The fourth-order valence-electron chi connectivity index (χ4n) is 1.92. The molecular formula is C15H22BrNO2. The van der Waals surface area contributed by atoms with Crippen LogP contribution in [-0.4, -0.2) is 35.8 Å². The Labute approximate surface area is 124 Å². The van der Waals surface area contributed by atoms with E-state index in [1.807, 2.05) is 29.2 Å². The molecule has 0 fully saturated rings. The van der Waals surface area contributed by atoms with Crippen molar-refractivity contribution in [1.29, 1.82) is 0 Å². The van der Waals surface area contributed by atoms with Gasteiger partial charge in [0.2, 0.25) is 5.91 Å². The molecule has 1 rings (SSSR count). The summed E-state index contributed by atoms with van der Waals surface area (Å²) in [4.78, 5) is 14.2. The van der Waals surface area contributed by atoms with Gasteiger partial charge in [-0.1, -0.05) is 28.1 Å². The molecule has 1 aromatic rings. The first-order valence-electron chi connectivity index (χ1n) is 6.56. The second-order valence-electron chi connectivity index (χ2n) is 4.75. The van der Waals surface area contributed by atoms with Gasteiger partial charge in [-0.05, 0) is 38.0 Å². The van der Waals surface area contributed by atoms with Gasteiger partial charge in [0.05, 0.1) is 13.5 Å². The van der Waals surface area contributed by atoms with Crippen molar-refractivity contribution in [2.45, 2.75) is 32.7 Å². The van der Waals surface area contributed by atoms with E-state index in [0.717, 1.165) is 29.6 Å². The molecule has 0 N–H and O–H groups in total. The Bertz CT molecular complexity index is 390. The van der Waals surface area contributed by atoms with Crippen LogP contribution in [0.4, 0.5) is 0 Å². The largest absolute Gasteiger partial charge is 0.497 e. The molecule has 4 heteroatoms. The third-order valence-corrected chi connectivity index (χ3v) is 3.55. The topological polar surface area (TPSA) is 29.5 Å². The van der Waals surface area contributed by atoms with Crippen molar-refractivity contribution in [3.05, 3.63) is 29.8 Å². The van der Waals surface area contributed by atoms with Crippen LogP contribution in [0.25, 0.3) is 0 Å². The highest BCUT2D eigenvalue weighted by atomic mass is 79.9. The zero-order chi connectivity index (χ0) is 14.3. The van der Waals surface area contributed by atoms with Crippen molar-refractivity contribution < 1.29 is 9.53 Å². The first-order valence-corrected chi connectivity index (χ1v) is 7.69. The van der Waals surface area contributed by atoms with Crippen LogP contribution in [0.1, 0.15) is 25.8 Å². The van der Waals surface area contributed by atoms with Gasteiger partial charge >= 0.3 is 0 Å². The second-order valence-corrected chi connectivity index (χ2v) is 5.54. The molecule has 0 heterocycles. The summed E-state index contributed by atoms with van der Waals surface area (Å²) in [7, 11) is 1.64. The van der Waals surface area contributed by atoms with Crippen molar-refractivity contribution in [1.82, 2.24) is 4.90 Å². The molecule has 3 nitrogen and oxygen atoms in total. The summed E-state index contributed by atoms with van der Waals surface area (Å²) in [5, 5.41) is 0.923. The molecule has 0 saturated heterocycles. The van der Waals surface area contributed by atoms with Gasteiger partial charge in [0, 0.05) is 17.9 Å². The number of hydrogen-bond donors (Lipinski definition) is 0. The molecule has 0 unspecified atom stereocenters. The number of ether oxygens (including phenoxy) is 1. The van der Waals surface area contributed by atoms with Gasteiger partial charge < -0.3 is 9.64 Å². The van der Waals surface area contributed by atoms with Crippen molar-refractivity contribution in [2.24, 2.45) is 0 Å². The Hall–Kier alpha value is -1.03. The first-order chi connectivity index (χ1) is 9.08. The highest BCUT2D eigenvalue weighted by molar-refractivity contribution is 9.09. The minimum Gasteiger partial charge on any atom is -0.497 e. The lowest BCUT2D eigenvalue weighted by molar-refractivity contribution is -0.132. The van der Waals surface area contributed by atoms with Gasteiger partial charge in [-0.3, -0.25) is 4.79 Å². The molecule has 0 atom stereocenters. The van der Waals surface area contributed by atoms with E-state index in [0.29, 0.717) is 6.42 Å². The van der Waals surface area contributed by atoms with Crippen LogP contribution >= 0.6 is 15.9 Å². The van der Waals surface area contributed by atoms with E-state index < -0.39 is 0 Å². The average molecular weight is 328 g/mol. The van der Waals surface area contributed by atoms with Crippen LogP contribution in [0.5, 0.6) is 5.75 Å². The number of carbonyl (C=O) groups is 1. The Morgan fingerprint density at radius 3 is 2.42 bits per heavy atom. The standard InChI is InChI=1S/C15H22BrNO2/c1-12(2)17(10-4-9-16)15(18)11-13-5-7-14(19-3)8-6-13/h5-8,12H,4,9-11H2,1-3H3. The molecule has 0 aliphatic carbocycles. The zero-order valence-corrected chi connectivity index (χ0v) is 13.4. The quantitative estimate of drug-likeness (QED) is 0.719. The van der Waals surface area contributed by atoms with Crippen LogP contribution < -0.4 is 4.74 Å². The zero-order valence-electron chi connectivity index (χ0n) is 11.9. The van der Waals surface area contributed by atoms with Crippen LogP contribution in [0.2, 0.25) is 0 Å². The number of halogens is 1. The molecule has 1 amide bonds. The van der Waals surface area contributed by atoms with Crippen molar-refractivity contribution in [3.8, 4) is 5.75 Å². The number of carbonyl (C=O) groups excluding carboxylic acids is 1. The molecule has 106 valence electrons. The third kappa shape index (κ3) is 5.23. The predicted molar refractivity (Wildman–Crippen MR) is 82.0 cm³/mol. The van der Waals surface area contributed by atoms with Crippen molar-refractivity contribution >= 4 is 21.8 Å². The molecule has 0 saturated carbocycles. The van der Waals surface area contributed by atoms with Crippen LogP contribution in [0.3, 0.4) is 0 Å². The Kier molecular flexibility index (Phi) is 6.92. The molecule has 0 aliphatic heterocycles. The lowest BCUT2D eigenvalue weighted by Gasteiger charge is -2.26. The van der Waals surface area contributed by atoms with E-state index in [1.165, 1.54) is 0 Å². The number of rotatable bonds is 7. The predicted octanol–water partition coefficient (Wildman–Crippen LogP) is 3.26. The van der Waals surface area contributed by atoms with Gasteiger partial charge in [-0.2, -0.15) is 0 Å². The SMILES string of the molecule is COc1ccc(CC(=O)N(CCCBr)C(C)C)cc1. The summed E-state index contributed by atoms with van der Waals surface area (Å²) in [6, 6.07) is 7.91. The van der Waals surface area contributed by atoms with E-state index in [2.05, 4.69) is 29.8 Å². The second kappa shape index (κ2) is 8.20. The highest BCUT2D eigenvalue weighted by Crippen LogP contribution is 2.13. The van der Waals surface area contributed by atoms with E-state index in [1.54, 1.807) is 7.11 Å². The maximum absolute atomic E-state index is 12.3. The Balaban J connectivity index is 2.64. The first kappa shape index (κ1) is 16.0. The lowest BCUT2D eigenvalue weighted by atomic mass is 10.1. The van der Waals surface area contributed by atoms with Gasteiger partial charge in [-0.25, -0.2) is 0 Å². The normalized spacial score (nSPS) is 10.6. The van der Waals surface area contributed by atoms with E-state index in [-0.39, 0.29) is 11.9 Å². The minimum absolute atomic E-state index is 0.182. The molecular weight excluding hydrogens is 306 g/mol. The fourth-order valence-corrected chi connectivity index (χ4v) is 2.17. The molecule has 0 aromatic heterocycles. The maximum Gasteiger partial charge on any atom is 0.227 e. The molecule has 0 bridgehead atoms. The summed E-state index contributed by atoms with van der Waals surface area (Å²) in [5.74, 6) is 0.998. The Morgan fingerprint density at radius 1 is 1.32 bits per heavy atom. The minimum atomic E-state index is 0.182. The monoisotopic (exact) mass is 327 g/mol. The van der Waals surface area contributed by atoms with Gasteiger partial charge in [-0.15, -0.1) is 0 Å². The third-order valence-electron chi connectivity index (χ3n) is 2.99. The highest BCUT2D eigenvalue weighted by Gasteiger charge is 2.16. The average Bonchev–Trinajstić information content (AvgIpc) is 2.39. The van der Waals surface area contributed by atoms with Gasteiger partial charge in [0.25, 0.3) is 0 Å². The van der Waals surface area contributed by atoms with E-state index in [4.69, 9.17) is 4.74 Å². The smallest absolute Gasteiger partial charge is 0.227 e. The van der Waals surface area contributed by atoms with Crippen molar-refractivity contribution in [3.63, 3.8) is 0 Å². The molecule has 1 aromatic carbocycles. The molecule has 0 radical (unpaired) electrons. The number of methoxy groups -OCH3 is 1. The fraction of sp³-hybridized carbons (Fsp3) is 0.533. The number of benzene rings is 1. The number of alkyl halides is 1. The van der Waals surface area contributed by atoms with E-state index >= 15 is 0 Å². The van der Waals surface area contributed by atoms with Gasteiger partial charge in [0.1, 0.15) is 5.75 Å². The molecule has 0 spiro atoms. The van der Waals surface area contributed by atoms with Crippen LogP contribution in [-0.2, 0) is 11.2 Å². The number of amides is 1. The number of hydrogen-bond acceptors (Lipinski definition) is 2. The summed E-state index contributed by atoms with van der Waals surface area (Å²) in [6.07, 6.45) is 1.43.